The number of allylic oxidation sites excluding steroid dienone is 4. The molecule has 0 aliphatic carbocycles. The summed E-state index contributed by atoms with van der Waals surface area (Å²) in [6.07, 6.45) is 8.63. The minimum absolute atomic E-state index is 0.219. The van der Waals surface area contributed by atoms with E-state index in [0.717, 1.165) is 22.3 Å². The largest absolute Gasteiger partial charge is 0.299 e. The van der Waals surface area contributed by atoms with E-state index in [-0.39, 0.29) is 11.7 Å². The first-order valence-electron chi connectivity index (χ1n) is 7.49. The van der Waals surface area contributed by atoms with E-state index in [9.17, 15) is 4.79 Å². The Kier molecular flexibility index (Phi) is 5.23. The molecule has 0 N–H and O–H groups in total. The summed E-state index contributed by atoms with van der Waals surface area (Å²) in [5, 5.41) is 0. The summed E-state index contributed by atoms with van der Waals surface area (Å²) in [6.45, 7) is 7.78. The molecule has 0 unspecified atom stereocenters. The van der Waals surface area contributed by atoms with Crippen molar-refractivity contribution in [1.82, 2.24) is 0 Å². The smallest absolute Gasteiger partial charge is 0.176 e. The zero-order chi connectivity index (χ0) is 16.1. The topological polar surface area (TPSA) is 17.1 Å². The fourth-order valence-electron chi connectivity index (χ4n) is 2.60. The van der Waals surface area contributed by atoms with Gasteiger partial charge in [0.2, 0.25) is 0 Å². The summed E-state index contributed by atoms with van der Waals surface area (Å²) in [5.74, 6) is 5.21. The van der Waals surface area contributed by atoms with Crippen LogP contribution in [0.15, 0.2) is 53.9 Å². The predicted octanol–water partition coefficient (Wildman–Crippen LogP) is 4.17. The minimum atomic E-state index is 0.219. The van der Waals surface area contributed by atoms with Crippen LogP contribution in [0.5, 0.6) is 0 Å². The number of carbonyl (C=O) groups is 1. The number of carbonyl (C=O) groups excluding carboxylic acids is 1. The molecule has 22 heavy (non-hydrogen) atoms. The molecule has 109 valence electrons. The van der Waals surface area contributed by atoms with E-state index >= 15 is 0 Å². The summed E-state index contributed by atoms with van der Waals surface area (Å²) in [5.41, 5.74) is 5.25. The van der Waals surface area contributed by atoms with Gasteiger partial charge in [0.25, 0.3) is 0 Å². The second-order valence-electron chi connectivity index (χ2n) is 5.94. The summed E-state index contributed by atoms with van der Waals surface area (Å²) >= 11 is 0. The van der Waals surface area contributed by atoms with Crippen molar-refractivity contribution >= 4 is 18.6 Å². The molecule has 0 bridgehead atoms. The highest BCUT2D eigenvalue weighted by Crippen LogP contribution is 2.28. The number of hydrogen-bond donors (Lipinski definition) is 0. The molecule has 0 amide bonds. The van der Waals surface area contributed by atoms with Crippen LogP contribution in [-0.4, -0.2) is 13.1 Å². The van der Waals surface area contributed by atoms with Crippen LogP contribution in [0.3, 0.4) is 0 Å². The average Bonchev–Trinajstić information content (AvgIpc) is 2.96. The first-order chi connectivity index (χ1) is 10.5. The molecule has 1 nitrogen and oxygen atoms in total. The highest BCUT2D eigenvalue weighted by atomic mass is 16.1. The Morgan fingerprint density at radius 3 is 2.91 bits per heavy atom. The molecule has 1 atom stereocenters. The molecule has 0 aromatic heterocycles. The van der Waals surface area contributed by atoms with Gasteiger partial charge < -0.3 is 0 Å². The summed E-state index contributed by atoms with van der Waals surface area (Å²) in [6, 6.07) is 7.95. The lowest BCUT2D eigenvalue weighted by molar-refractivity contribution is -0.118. The Bertz CT molecular complexity index is 701. The number of Topliss-reactive ketones (excluding diaryl/α,β-unsaturated/α-hetero) is 1. The fraction of sp³-hybridized carbons (Fsp3) is 0.250. The maximum Gasteiger partial charge on any atom is 0.176 e. The van der Waals surface area contributed by atoms with Gasteiger partial charge in [0.1, 0.15) is 5.78 Å². The van der Waals surface area contributed by atoms with Crippen molar-refractivity contribution < 1.29 is 4.79 Å². The SMILES string of the molecule is C#Cc1cccc(C2=C[B]C([C@H](C)CC(=O)CC(=C)C)=C2)c1. The number of rotatable bonds is 6. The zero-order valence-electron chi connectivity index (χ0n) is 13.2. The molecule has 1 radical (unpaired) electrons. The summed E-state index contributed by atoms with van der Waals surface area (Å²) in [7, 11) is 2.09. The highest BCUT2D eigenvalue weighted by molar-refractivity contribution is 6.55. The van der Waals surface area contributed by atoms with Gasteiger partial charge in [0.05, 0.1) is 0 Å². The van der Waals surface area contributed by atoms with E-state index in [0.29, 0.717) is 12.8 Å². The fourth-order valence-corrected chi connectivity index (χ4v) is 2.60. The maximum atomic E-state index is 11.9. The quantitative estimate of drug-likeness (QED) is 0.436. The van der Waals surface area contributed by atoms with E-state index in [1.807, 2.05) is 25.1 Å². The van der Waals surface area contributed by atoms with E-state index in [1.165, 1.54) is 5.47 Å². The number of ketones is 1. The highest BCUT2D eigenvalue weighted by Gasteiger charge is 2.18. The van der Waals surface area contributed by atoms with Crippen LogP contribution < -0.4 is 0 Å². The van der Waals surface area contributed by atoms with Crippen molar-refractivity contribution in [2.45, 2.75) is 26.7 Å². The van der Waals surface area contributed by atoms with Gasteiger partial charge in [-0.05, 0) is 36.1 Å². The normalized spacial score (nSPS) is 14.4. The monoisotopic (exact) mass is 287 g/mol. The molecule has 0 saturated heterocycles. The van der Waals surface area contributed by atoms with Crippen LogP contribution in [-0.2, 0) is 4.79 Å². The second-order valence-corrected chi connectivity index (χ2v) is 5.94. The Balaban J connectivity index is 2.06. The number of benzene rings is 1. The summed E-state index contributed by atoms with van der Waals surface area (Å²) < 4.78 is 0. The van der Waals surface area contributed by atoms with Crippen LogP contribution in [0.4, 0.5) is 0 Å². The number of terminal acetylenes is 1. The van der Waals surface area contributed by atoms with E-state index in [1.54, 1.807) is 0 Å². The van der Waals surface area contributed by atoms with E-state index in [2.05, 4.69) is 44.8 Å². The predicted molar refractivity (Wildman–Crippen MR) is 94.4 cm³/mol. The molecule has 1 aliphatic heterocycles. The van der Waals surface area contributed by atoms with Gasteiger partial charge in [0.15, 0.2) is 7.28 Å². The molecule has 0 spiro atoms. The van der Waals surface area contributed by atoms with Crippen molar-refractivity contribution in [2.24, 2.45) is 5.92 Å². The molecular weight excluding hydrogens is 267 g/mol. The van der Waals surface area contributed by atoms with Gasteiger partial charge in [-0.25, -0.2) is 0 Å². The van der Waals surface area contributed by atoms with Crippen LogP contribution >= 0.6 is 0 Å². The van der Waals surface area contributed by atoms with Gasteiger partial charge >= 0.3 is 0 Å². The first kappa shape index (κ1) is 16.1. The zero-order valence-corrected chi connectivity index (χ0v) is 13.2. The molecule has 1 aromatic carbocycles. The lowest BCUT2D eigenvalue weighted by Gasteiger charge is -2.12. The van der Waals surface area contributed by atoms with E-state index < -0.39 is 0 Å². The third kappa shape index (κ3) is 4.12. The van der Waals surface area contributed by atoms with Crippen molar-refractivity contribution in [1.29, 1.82) is 0 Å². The average molecular weight is 287 g/mol. The third-order valence-corrected chi connectivity index (χ3v) is 3.74. The third-order valence-electron chi connectivity index (χ3n) is 3.74. The lowest BCUT2D eigenvalue weighted by Crippen LogP contribution is -2.10. The van der Waals surface area contributed by atoms with Gasteiger partial charge in [-0.2, -0.15) is 0 Å². The van der Waals surface area contributed by atoms with Crippen LogP contribution in [0, 0.1) is 18.3 Å². The Morgan fingerprint density at radius 1 is 1.45 bits per heavy atom. The molecule has 2 rings (SSSR count). The second kappa shape index (κ2) is 7.14. The lowest BCUT2D eigenvalue weighted by atomic mass is 9.66. The van der Waals surface area contributed by atoms with Gasteiger partial charge in [0, 0.05) is 18.4 Å². The number of hydrogen-bond acceptors (Lipinski definition) is 1. The Hall–Kier alpha value is -2.27. The molecule has 2 heteroatoms. The van der Waals surface area contributed by atoms with Crippen molar-refractivity contribution in [3.05, 3.63) is 65.1 Å². The molecule has 1 heterocycles. The van der Waals surface area contributed by atoms with Crippen LogP contribution in [0.2, 0.25) is 0 Å². The maximum absolute atomic E-state index is 11.9. The first-order valence-corrected chi connectivity index (χ1v) is 7.49. The van der Waals surface area contributed by atoms with Crippen molar-refractivity contribution in [3.8, 4) is 12.3 Å². The van der Waals surface area contributed by atoms with Crippen molar-refractivity contribution in [3.63, 3.8) is 0 Å². The van der Waals surface area contributed by atoms with E-state index in [4.69, 9.17) is 6.42 Å². The van der Waals surface area contributed by atoms with Crippen LogP contribution in [0.25, 0.3) is 5.57 Å². The minimum Gasteiger partial charge on any atom is -0.299 e. The van der Waals surface area contributed by atoms with Gasteiger partial charge in [-0.3, -0.25) is 4.79 Å². The van der Waals surface area contributed by atoms with Gasteiger partial charge in [-0.15, -0.1) is 12.4 Å². The summed E-state index contributed by atoms with van der Waals surface area (Å²) in [4.78, 5) is 11.9. The standard InChI is InChI=1S/C20H20BO/c1-5-16-7-6-8-17(11-16)18-12-20(21-13-18)15(4)10-19(22)9-14(2)3/h1,6-8,11-13,15H,2,9-10H2,3-4H3/t15-/m1/s1. The Morgan fingerprint density at radius 2 is 2.23 bits per heavy atom. The molecule has 1 aliphatic rings. The van der Waals surface area contributed by atoms with Crippen molar-refractivity contribution in [2.75, 3.05) is 0 Å². The van der Waals surface area contributed by atoms with Gasteiger partial charge in [-0.1, -0.05) is 48.7 Å². The molecule has 0 saturated carbocycles. The molecule has 1 aromatic rings. The Labute approximate surface area is 134 Å². The van der Waals surface area contributed by atoms with Crippen LogP contribution in [0.1, 0.15) is 37.8 Å². The molecular formula is C20H20BO. The molecule has 0 fully saturated rings.